The Balaban J connectivity index is 1.96. The Morgan fingerprint density at radius 1 is 0.913 bits per heavy atom. The molecule has 0 aliphatic rings. The quantitative estimate of drug-likeness (QED) is 0.720. The number of amides is 1. The molecule has 2 aromatic carbocycles. The average molecular weight is 312 g/mol. The Labute approximate surface area is 135 Å². The number of carbonyl (C=O) groups is 2. The molecule has 0 aliphatic carbocycles. The lowest BCUT2D eigenvalue weighted by Crippen LogP contribution is -2.50. The van der Waals surface area contributed by atoms with Gasteiger partial charge in [0.2, 0.25) is 5.91 Å². The van der Waals surface area contributed by atoms with Crippen molar-refractivity contribution in [2.45, 2.75) is 24.9 Å². The van der Waals surface area contributed by atoms with Crippen molar-refractivity contribution < 1.29 is 14.7 Å². The van der Waals surface area contributed by atoms with Crippen LogP contribution in [0.25, 0.3) is 0 Å². The number of carboxylic acids is 1. The van der Waals surface area contributed by atoms with Gasteiger partial charge in [0.25, 0.3) is 0 Å². The molecule has 5 nitrogen and oxygen atoms in total. The van der Waals surface area contributed by atoms with Crippen LogP contribution in [-0.4, -0.2) is 29.1 Å². The molecule has 0 aromatic heterocycles. The monoisotopic (exact) mass is 312 g/mol. The van der Waals surface area contributed by atoms with Crippen LogP contribution in [0.5, 0.6) is 0 Å². The van der Waals surface area contributed by atoms with Crippen LogP contribution in [-0.2, 0) is 22.4 Å². The highest BCUT2D eigenvalue weighted by molar-refractivity contribution is 5.87. The summed E-state index contributed by atoms with van der Waals surface area (Å²) < 4.78 is 0. The standard InChI is InChI=1S/C18H20N2O3/c19-15(11-13-7-3-1-4-8-13)17(21)20-16(18(22)23)12-14-9-5-2-6-10-14/h1-10,15-16H,11-12,19H2,(H,20,21)(H,22,23)/t15-,16+/m1/s1. The average Bonchev–Trinajstić information content (AvgIpc) is 2.56. The van der Waals surface area contributed by atoms with Gasteiger partial charge in [-0.1, -0.05) is 60.7 Å². The summed E-state index contributed by atoms with van der Waals surface area (Å²) in [5.74, 6) is -1.54. The largest absolute Gasteiger partial charge is 0.480 e. The molecule has 2 rings (SSSR count). The number of hydrogen-bond acceptors (Lipinski definition) is 3. The molecule has 0 saturated heterocycles. The molecule has 0 heterocycles. The molecule has 0 fully saturated rings. The van der Waals surface area contributed by atoms with Gasteiger partial charge in [-0.2, -0.15) is 0 Å². The fourth-order valence-corrected chi connectivity index (χ4v) is 2.29. The number of hydrogen-bond donors (Lipinski definition) is 3. The molecule has 0 aliphatic heterocycles. The summed E-state index contributed by atoms with van der Waals surface area (Å²) in [6.07, 6.45) is 0.588. The lowest BCUT2D eigenvalue weighted by atomic mass is 10.0. The van der Waals surface area contributed by atoms with Crippen LogP contribution in [0.3, 0.4) is 0 Å². The first-order chi connectivity index (χ1) is 11.1. The minimum atomic E-state index is -1.07. The van der Waals surface area contributed by atoms with Gasteiger partial charge in [-0.3, -0.25) is 4.79 Å². The number of aliphatic carboxylic acids is 1. The highest BCUT2D eigenvalue weighted by Gasteiger charge is 2.23. The van der Waals surface area contributed by atoms with E-state index in [1.165, 1.54) is 0 Å². The van der Waals surface area contributed by atoms with Crippen molar-refractivity contribution >= 4 is 11.9 Å². The van der Waals surface area contributed by atoms with E-state index >= 15 is 0 Å². The first-order valence-electron chi connectivity index (χ1n) is 7.43. The Bertz CT molecular complexity index is 644. The molecule has 2 aromatic rings. The normalized spacial score (nSPS) is 13.1. The number of benzene rings is 2. The molecule has 0 spiro atoms. The van der Waals surface area contributed by atoms with Crippen molar-refractivity contribution in [2.75, 3.05) is 0 Å². The molecule has 4 N–H and O–H groups in total. The molecular weight excluding hydrogens is 292 g/mol. The van der Waals surface area contributed by atoms with E-state index < -0.39 is 24.0 Å². The molecular formula is C18H20N2O3. The lowest BCUT2D eigenvalue weighted by molar-refractivity contribution is -0.141. The first kappa shape index (κ1) is 16.7. The van der Waals surface area contributed by atoms with Crippen molar-refractivity contribution in [3.63, 3.8) is 0 Å². The zero-order valence-corrected chi connectivity index (χ0v) is 12.7. The van der Waals surface area contributed by atoms with Crippen molar-refractivity contribution in [3.05, 3.63) is 71.8 Å². The summed E-state index contributed by atoms with van der Waals surface area (Å²) in [5.41, 5.74) is 7.67. The highest BCUT2D eigenvalue weighted by Crippen LogP contribution is 2.05. The maximum absolute atomic E-state index is 12.2. The third kappa shape index (κ3) is 5.23. The van der Waals surface area contributed by atoms with Crippen LogP contribution >= 0.6 is 0 Å². The third-order valence-electron chi connectivity index (χ3n) is 3.53. The van der Waals surface area contributed by atoms with Crippen LogP contribution < -0.4 is 11.1 Å². The molecule has 0 radical (unpaired) electrons. The fraction of sp³-hybridized carbons (Fsp3) is 0.222. The molecule has 2 atom stereocenters. The van der Waals surface area contributed by atoms with Crippen molar-refractivity contribution in [1.82, 2.24) is 5.32 Å². The maximum Gasteiger partial charge on any atom is 0.326 e. The molecule has 0 saturated carbocycles. The summed E-state index contributed by atoms with van der Waals surface area (Å²) in [6.45, 7) is 0. The Morgan fingerprint density at radius 2 is 1.39 bits per heavy atom. The van der Waals surface area contributed by atoms with Gasteiger partial charge >= 0.3 is 5.97 Å². The summed E-state index contributed by atoms with van der Waals surface area (Å²) in [5, 5.41) is 11.8. The van der Waals surface area contributed by atoms with E-state index in [0.29, 0.717) is 6.42 Å². The summed E-state index contributed by atoms with van der Waals surface area (Å²) >= 11 is 0. The van der Waals surface area contributed by atoms with Crippen LogP contribution in [0.4, 0.5) is 0 Å². The Morgan fingerprint density at radius 3 is 1.87 bits per heavy atom. The zero-order valence-electron chi connectivity index (χ0n) is 12.7. The van der Waals surface area contributed by atoms with E-state index in [4.69, 9.17) is 5.73 Å². The smallest absolute Gasteiger partial charge is 0.326 e. The number of rotatable bonds is 7. The van der Waals surface area contributed by atoms with Gasteiger partial charge in [-0.05, 0) is 17.5 Å². The van der Waals surface area contributed by atoms with Gasteiger partial charge in [0.15, 0.2) is 0 Å². The van der Waals surface area contributed by atoms with Gasteiger partial charge in [-0.25, -0.2) is 4.79 Å². The van der Waals surface area contributed by atoms with Gasteiger partial charge in [0.1, 0.15) is 6.04 Å². The molecule has 0 bridgehead atoms. The van der Waals surface area contributed by atoms with Gasteiger partial charge < -0.3 is 16.2 Å². The van der Waals surface area contributed by atoms with E-state index in [2.05, 4.69) is 5.32 Å². The van der Waals surface area contributed by atoms with E-state index in [1.54, 1.807) is 0 Å². The van der Waals surface area contributed by atoms with Gasteiger partial charge in [-0.15, -0.1) is 0 Å². The summed E-state index contributed by atoms with van der Waals surface area (Å²) in [7, 11) is 0. The first-order valence-corrected chi connectivity index (χ1v) is 7.43. The third-order valence-corrected chi connectivity index (χ3v) is 3.53. The molecule has 23 heavy (non-hydrogen) atoms. The minimum Gasteiger partial charge on any atom is -0.480 e. The second-order valence-electron chi connectivity index (χ2n) is 5.39. The predicted molar refractivity (Wildman–Crippen MR) is 87.8 cm³/mol. The second kappa shape index (κ2) is 8.10. The molecule has 0 unspecified atom stereocenters. The van der Waals surface area contributed by atoms with Crippen molar-refractivity contribution in [1.29, 1.82) is 0 Å². The maximum atomic E-state index is 12.2. The number of carbonyl (C=O) groups excluding carboxylic acids is 1. The molecule has 1 amide bonds. The zero-order chi connectivity index (χ0) is 16.7. The van der Waals surface area contributed by atoms with E-state index in [9.17, 15) is 14.7 Å². The minimum absolute atomic E-state index is 0.222. The van der Waals surface area contributed by atoms with Crippen LogP contribution in [0.2, 0.25) is 0 Å². The molecule has 120 valence electrons. The Hall–Kier alpha value is -2.66. The van der Waals surface area contributed by atoms with Crippen molar-refractivity contribution in [3.8, 4) is 0 Å². The predicted octanol–water partition coefficient (Wildman–Crippen LogP) is 1.37. The highest BCUT2D eigenvalue weighted by atomic mass is 16.4. The SMILES string of the molecule is N[C@H](Cc1ccccc1)C(=O)N[C@@H](Cc1ccccc1)C(=O)O. The van der Waals surface area contributed by atoms with Gasteiger partial charge in [0.05, 0.1) is 6.04 Å². The Kier molecular flexibility index (Phi) is 5.88. The van der Waals surface area contributed by atoms with Crippen LogP contribution in [0, 0.1) is 0 Å². The number of carboxylic acid groups (broad SMARTS) is 1. The second-order valence-corrected chi connectivity index (χ2v) is 5.39. The lowest BCUT2D eigenvalue weighted by Gasteiger charge is -2.18. The summed E-state index contributed by atoms with van der Waals surface area (Å²) in [4.78, 5) is 23.5. The van der Waals surface area contributed by atoms with Gasteiger partial charge in [0, 0.05) is 6.42 Å². The van der Waals surface area contributed by atoms with E-state index in [-0.39, 0.29) is 6.42 Å². The van der Waals surface area contributed by atoms with Crippen LogP contribution in [0.1, 0.15) is 11.1 Å². The van der Waals surface area contributed by atoms with E-state index in [0.717, 1.165) is 11.1 Å². The fourth-order valence-electron chi connectivity index (χ4n) is 2.29. The topological polar surface area (TPSA) is 92.4 Å². The van der Waals surface area contributed by atoms with E-state index in [1.807, 2.05) is 60.7 Å². The molecule has 5 heteroatoms. The number of nitrogens with one attached hydrogen (secondary N) is 1. The number of nitrogens with two attached hydrogens (primary N) is 1. The van der Waals surface area contributed by atoms with Crippen molar-refractivity contribution in [2.24, 2.45) is 5.73 Å². The summed E-state index contributed by atoms with van der Waals surface area (Å²) in [6, 6.07) is 16.8. The van der Waals surface area contributed by atoms with Crippen LogP contribution in [0.15, 0.2) is 60.7 Å².